The Kier molecular flexibility index (Phi) is 1.92. The van der Waals surface area contributed by atoms with Gasteiger partial charge in [0.1, 0.15) is 0 Å². The molecular formula is C10H8N4. The van der Waals surface area contributed by atoms with Crippen molar-refractivity contribution in [3.05, 3.63) is 36.0 Å². The molecule has 2 aromatic rings. The molecule has 0 radical (unpaired) electrons. The minimum absolute atomic E-state index is 0.549. The average Bonchev–Trinajstić information content (AvgIpc) is 2.64. The SMILES string of the molecule is N#Cc1ccccc1-c1[nH]ncc1N. The summed E-state index contributed by atoms with van der Waals surface area (Å²) in [7, 11) is 0. The number of aromatic amines is 1. The molecule has 1 aromatic carbocycles. The molecule has 0 aliphatic carbocycles. The first-order valence-electron chi connectivity index (χ1n) is 4.11. The van der Waals surface area contributed by atoms with Crippen molar-refractivity contribution in [1.82, 2.24) is 10.2 Å². The minimum atomic E-state index is 0.549. The molecule has 0 spiro atoms. The Labute approximate surface area is 81.0 Å². The van der Waals surface area contributed by atoms with E-state index in [-0.39, 0.29) is 0 Å². The zero-order chi connectivity index (χ0) is 9.97. The maximum absolute atomic E-state index is 8.88. The van der Waals surface area contributed by atoms with Gasteiger partial charge in [0.2, 0.25) is 0 Å². The van der Waals surface area contributed by atoms with Crippen LogP contribution in [0.2, 0.25) is 0 Å². The topological polar surface area (TPSA) is 78.5 Å². The molecule has 0 aliphatic rings. The highest BCUT2D eigenvalue weighted by molar-refractivity contribution is 5.76. The number of nitriles is 1. The maximum atomic E-state index is 8.88. The number of nitrogens with zero attached hydrogens (tertiary/aromatic N) is 2. The molecule has 0 aliphatic heterocycles. The van der Waals surface area contributed by atoms with Crippen LogP contribution in [0.3, 0.4) is 0 Å². The normalized spacial score (nSPS) is 9.64. The fourth-order valence-electron chi connectivity index (χ4n) is 1.31. The van der Waals surface area contributed by atoms with Crippen LogP contribution in [-0.4, -0.2) is 10.2 Å². The quantitative estimate of drug-likeness (QED) is 0.705. The number of hydrogen-bond donors (Lipinski definition) is 2. The minimum Gasteiger partial charge on any atom is -0.396 e. The zero-order valence-electron chi connectivity index (χ0n) is 7.36. The highest BCUT2D eigenvalue weighted by Gasteiger charge is 2.08. The predicted octanol–water partition coefficient (Wildman–Crippen LogP) is 1.53. The van der Waals surface area contributed by atoms with Gasteiger partial charge in [-0.05, 0) is 6.07 Å². The van der Waals surface area contributed by atoms with Gasteiger partial charge < -0.3 is 5.73 Å². The second-order valence-electron chi connectivity index (χ2n) is 2.86. The van der Waals surface area contributed by atoms with Crippen molar-refractivity contribution in [3.63, 3.8) is 0 Å². The number of aromatic nitrogens is 2. The molecule has 1 aromatic heterocycles. The summed E-state index contributed by atoms with van der Waals surface area (Å²) in [5.74, 6) is 0. The Bertz CT molecular complexity index is 493. The first kappa shape index (κ1) is 8.32. The van der Waals surface area contributed by atoms with Crippen LogP contribution in [-0.2, 0) is 0 Å². The molecular weight excluding hydrogens is 176 g/mol. The summed E-state index contributed by atoms with van der Waals surface area (Å²) in [6, 6.07) is 9.36. The maximum Gasteiger partial charge on any atom is 0.0998 e. The summed E-state index contributed by atoms with van der Waals surface area (Å²) in [4.78, 5) is 0. The molecule has 68 valence electrons. The zero-order valence-corrected chi connectivity index (χ0v) is 7.36. The Balaban J connectivity index is 2.64. The van der Waals surface area contributed by atoms with Crippen molar-refractivity contribution in [1.29, 1.82) is 5.26 Å². The van der Waals surface area contributed by atoms with E-state index in [1.165, 1.54) is 6.20 Å². The van der Waals surface area contributed by atoms with Crippen LogP contribution in [0.15, 0.2) is 30.5 Å². The Morgan fingerprint density at radius 1 is 1.36 bits per heavy atom. The third kappa shape index (κ3) is 1.21. The van der Waals surface area contributed by atoms with Crippen molar-refractivity contribution < 1.29 is 0 Å². The smallest absolute Gasteiger partial charge is 0.0998 e. The second kappa shape index (κ2) is 3.23. The Hall–Kier alpha value is -2.28. The van der Waals surface area contributed by atoms with Crippen LogP contribution >= 0.6 is 0 Å². The lowest BCUT2D eigenvalue weighted by Crippen LogP contribution is -1.89. The van der Waals surface area contributed by atoms with Gasteiger partial charge in [-0.25, -0.2) is 0 Å². The van der Waals surface area contributed by atoms with Crippen molar-refractivity contribution in [3.8, 4) is 17.3 Å². The van der Waals surface area contributed by atoms with E-state index in [0.717, 1.165) is 5.56 Å². The molecule has 3 N–H and O–H groups in total. The number of nitrogens with two attached hydrogens (primary N) is 1. The highest BCUT2D eigenvalue weighted by atomic mass is 15.1. The largest absolute Gasteiger partial charge is 0.396 e. The number of H-pyrrole nitrogens is 1. The summed E-state index contributed by atoms with van der Waals surface area (Å²) < 4.78 is 0. The number of hydrogen-bond acceptors (Lipinski definition) is 3. The van der Waals surface area contributed by atoms with Gasteiger partial charge in [0.15, 0.2) is 0 Å². The van der Waals surface area contributed by atoms with Crippen LogP contribution in [0.4, 0.5) is 5.69 Å². The van der Waals surface area contributed by atoms with Crippen molar-refractivity contribution >= 4 is 5.69 Å². The number of benzene rings is 1. The predicted molar refractivity (Wildman–Crippen MR) is 53.2 cm³/mol. The van der Waals surface area contributed by atoms with Gasteiger partial charge in [-0.1, -0.05) is 18.2 Å². The molecule has 0 atom stereocenters. The molecule has 1 heterocycles. The summed E-state index contributed by atoms with van der Waals surface area (Å²) in [6.07, 6.45) is 1.53. The Morgan fingerprint density at radius 3 is 2.79 bits per heavy atom. The highest BCUT2D eigenvalue weighted by Crippen LogP contribution is 2.25. The second-order valence-corrected chi connectivity index (χ2v) is 2.86. The van der Waals surface area contributed by atoms with Crippen molar-refractivity contribution in [2.24, 2.45) is 0 Å². The van der Waals surface area contributed by atoms with Gasteiger partial charge in [0.25, 0.3) is 0 Å². The molecule has 0 fully saturated rings. The lowest BCUT2D eigenvalue weighted by molar-refractivity contribution is 1.09. The van der Waals surface area contributed by atoms with E-state index in [2.05, 4.69) is 16.3 Å². The molecule has 0 saturated heterocycles. The number of nitrogen functional groups attached to an aromatic ring is 1. The standard InChI is InChI=1S/C10H8N4/c11-5-7-3-1-2-4-8(7)10-9(12)6-13-14-10/h1-4,6H,12H2,(H,13,14). The van der Waals surface area contributed by atoms with Gasteiger partial charge in [0, 0.05) is 5.56 Å². The summed E-state index contributed by atoms with van der Waals surface area (Å²) in [5.41, 5.74) is 8.31. The molecule has 14 heavy (non-hydrogen) atoms. The third-order valence-electron chi connectivity index (χ3n) is 1.99. The monoisotopic (exact) mass is 184 g/mol. The fourth-order valence-corrected chi connectivity index (χ4v) is 1.31. The molecule has 0 unspecified atom stereocenters. The van der Waals surface area contributed by atoms with Gasteiger partial charge in [-0.3, -0.25) is 5.10 Å². The van der Waals surface area contributed by atoms with Gasteiger partial charge in [-0.15, -0.1) is 0 Å². The van der Waals surface area contributed by atoms with E-state index in [4.69, 9.17) is 11.0 Å². The van der Waals surface area contributed by atoms with E-state index in [9.17, 15) is 0 Å². The van der Waals surface area contributed by atoms with Crippen molar-refractivity contribution in [2.75, 3.05) is 5.73 Å². The average molecular weight is 184 g/mol. The number of anilines is 1. The first-order valence-corrected chi connectivity index (χ1v) is 4.11. The first-order chi connectivity index (χ1) is 6.83. The third-order valence-corrected chi connectivity index (χ3v) is 1.99. The summed E-state index contributed by atoms with van der Waals surface area (Å²) in [5, 5.41) is 15.5. The van der Waals surface area contributed by atoms with Gasteiger partial charge >= 0.3 is 0 Å². The lowest BCUT2D eigenvalue weighted by Gasteiger charge is -2.00. The number of nitrogens with one attached hydrogen (secondary N) is 1. The van der Waals surface area contributed by atoms with Crippen LogP contribution in [0.1, 0.15) is 5.56 Å². The fraction of sp³-hybridized carbons (Fsp3) is 0. The molecule has 4 heteroatoms. The van der Waals surface area contributed by atoms with Crippen LogP contribution in [0.5, 0.6) is 0 Å². The molecule has 4 nitrogen and oxygen atoms in total. The van der Waals surface area contributed by atoms with Gasteiger partial charge in [-0.2, -0.15) is 10.4 Å². The summed E-state index contributed by atoms with van der Waals surface area (Å²) in [6.45, 7) is 0. The van der Waals surface area contributed by atoms with E-state index in [0.29, 0.717) is 16.9 Å². The molecule has 0 amide bonds. The van der Waals surface area contributed by atoms with E-state index in [1.807, 2.05) is 18.2 Å². The van der Waals surface area contributed by atoms with Crippen LogP contribution < -0.4 is 5.73 Å². The van der Waals surface area contributed by atoms with E-state index in [1.54, 1.807) is 6.07 Å². The number of rotatable bonds is 1. The van der Waals surface area contributed by atoms with Crippen molar-refractivity contribution in [2.45, 2.75) is 0 Å². The van der Waals surface area contributed by atoms with E-state index < -0.39 is 0 Å². The molecule has 0 saturated carbocycles. The lowest BCUT2D eigenvalue weighted by atomic mass is 10.1. The Morgan fingerprint density at radius 2 is 2.14 bits per heavy atom. The van der Waals surface area contributed by atoms with Gasteiger partial charge in [0.05, 0.1) is 29.2 Å². The van der Waals surface area contributed by atoms with Crippen LogP contribution in [0.25, 0.3) is 11.3 Å². The van der Waals surface area contributed by atoms with Crippen LogP contribution in [0, 0.1) is 11.3 Å². The molecule has 0 bridgehead atoms. The molecule has 2 rings (SSSR count). The van der Waals surface area contributed by atoms with E-state index >= 15 is 0 Å². The summed E-state index contributed by atoms with van der Waals surface area (Å²) >= 11 is 0.